The van der Waals surface area contributed by atoms with Crippen molar-refractivity contribution in [1.29, 1.82) is 0 Å². The van der Waals surface area contributed by atoms with E-state index in [1.165, 1.54) is 0 Å². The number of ketones is 2. The molecule has 3 rings (SSSR count). The number of carbonyl (C=O) groups excluding carboxylic acids is 4. The molecule has 0 saturated heterocycles. The number of ether oxygens (including phenoxy) is 1. The Balaban J connectivity index is 2.08. The van der Waals surface area contributed by atoms with Gasteiger partial charge < -0.3 is 15.0 Å². The SMILES string of the molecule is COC(=O)C(=O)[C@H](C(=O)C(=O)Nc1ccc([N+](=O)[O-])cc1[N+](=O)[O-])c1nc2ccc([N+](=O)[O-])cc2[nH]c1=O. The van der Waals surface area contributed by atoms with E-state index in [1.54, 1.807) is 0 Å². The first-order valence-corrected chi connectivity index (χ1v) is 9.94. The first-order valence-electron chi connectivity index (χ1n) is 9.94. The Bertz CT molecular complexity index is 1630. The van der Waals surface area contributed by atoms with Crippen LogP contribution in [-0.2, 0) is 23.9 Å². The normalized spacial score (nSPS) is 11.3. The lowest BCUT2D eigenvalue weighted by atomic mass is 9.94. The van der Waals surface area contributed by atoms with Crippen LogP contribution in [0.4, 0.5) is 22.7 Å². The molecule has 1 amide bonds. The van der Waals surface area contributed by atoms with Crippen molar-refractivity contribution in [3.8, 4) is 0 Å². The van der Waals surface area contributed by atoms with E-state index in [0.717, 1.165) is 37.4 Å². The number of amides is 1. The molecule has 1 aromatic heterocycles. The van der Waals surface area contributed by atoms with Gasteiger partial charge in [0.1, 0.15) is 17.3 Å². The van der Waals surface area contributed by atoms with Gasteiger partial charge in [0.2, 0.25) is 5.78 Å². The van der Waals surface area contributed by atoms with Gasteiger partial charge in [0.15, 0.2) is 0 Å². The number of H-pyrrole nitrogens is 1. The number of anilines is 1. The first kappa shape index (κ1) is 26.7. The maximum Gasteiger partial charge on any atom is 0.375 e. The van der Waals surface area contributed by atoms with Crippen molar-refractivity contribution < 1.29 is 38.7 Å². The topological polar surface area (TPSA) is 265 Å². The maximum atomic E-state index is 13.0. The number of aromatic amines is 1. The molecule has 18 nitrogen and oxygen atoms in total. The van der Waals surface area contributed by atoms with Gasteiger partial charge in [0, 0.05) is 18.2 Å². The van der Waals surface area contributed by atoms with Crippen LogP contribution >= 0.6 is 0 Å². The first-order chi connectivity index (χ1) is 17.8. The van der Waals surface area contributed by atoms with Crippen LogP contribution in [0.1, 0.15) is 11.6 Å². The minimum atomic E-state index is -2.48. The van der Waals surface area contributed by atoms with Gasteiger partial charge in [-0.3, -0.25) is 49.5 Å². The Labute approximate surface area is 207 Å². The van der Waals surface area contributed by atoms with Crippen LogP contribution in [0, 0.1) is 30.3 Å². The Morgan fingerprint density at radius 1 is 0.921 bits per heavy atom. The highest BCUT2D eigenvalue weighted by Gasteiger charge is 2.41. The second-order valence-corrected chi connectivity index (χ2v) is 7.23. The lowest BCUT2D eigenvalue weighted by molar-refractivity contribution is -0.393. The molecule has 1 heterocycles. The number of fused-ring (bicyclic) bond motifs is 1. The number of carbonyl (C=O) groups is 4. The highest BCUT2D eigenvalue weighted by Crippen LogP contribution is 2.29. The number of nitrogens with one attached hydrogen (secondary N) is 2. The van der Waals surface area contributed by atoms with Crippen molar-refractivity contribution >= 4 is 57.2 Å². The number of esters is 1. The third-order valence-electron chi connectivity index (χ3n) is 4.96. The van der Waals surface area contributed by atoms with Gasteiger partial charge in [-0.2, -0.15) is 0 Å². The van der Waals surface area contributed by atoms with Crippen molar-refractivity contribution in [3.63, 3.8) is 0 Å². The molecular formula is C20H12N6O12. The zero-order chi connectivity index (χ0) is 28.3. The second-order valence-electron chi connectivity index (χ2n) is 7.23. The number of methoxy groups -OCH3 is 1. The van der Waals surface area contributed by atoms with Gasteiger partial charge in [-0.1, -0.05) is 0 Å². The largest absolute Gasteiger partial charge is 0.463 e. The summed E-state index contributed by atoms with van der Waals surface area (Å²) in [6.07, 6.45) is 0. The summed E-state index contributed by atoms with van der Waals surface area (Å²) in [6.45, 7) is 0. The number of nitro groups is 3. The Morgan fingerprint density at radius 3 is 2.11 bits per heavy atom. The van der Waals surface area contributed by atoms with Gasteiger partial charge in [0.25, 0.3) is 34.3 Å². The van der Waals surface area contributed by atoms with Crippen LogP contribution in [-0.4, -0.2) is 55.3 Å². The van der Waals surface area contributed by atoms with Crippen molar-refractivity contribution in [2.45, 2.75) is 5.92 Å². The van der Waals surface area contributed by atoms with E-state index in [4.69, 9.17) is 0 Å². The molecule has 0 radical (unpaired) electrons. The molecule has 1 atom stereocenters. The third kappa shape index (κ3) is 5.17. The molecule has 2 N–H and O–H groups in total. The highest BCUT2D eigenvalue weighted by molar-refractivity contribution is 6.52. The summed E-state index contributed by atoms with van der Waals surface area (Å²) < 4.78 is 4.28. The Morgan fingerprint density at radius 2 is 1.53 bits per heavy atom. The van der Waals surface area contributed by atoms with Gasteiger partial charge in [-0.15, -0.1) is 0 Å². The van der Waals surface area contributed by atoms with E-state index in [0.29, 0.717) is 6.07 Å². The van der Waals surface area contributed by atoms with Gasteiger partial charge in [-0.25, -0.2) is 9.78 Å². The number of non-ortho nitro benzene ring substituents is 2. The molecule has 194 valence electrons. The quantitative estimate of drug-likeness (QED) is 0.127. The molecule has 0 fully saturated rings. The summed E-state index contributed by atoms with van der Waals surface area (Å²) >= 11 is 0. The summed E-state index contributed by atoms with van der Waals surface area (Å²) in [5.41, 5.74) is -5.31. The number of nitro benzene ring substituents is 3. The van der Waals surface area contributed by atoms with Crippen molar-refractivity contribution in [2.24, 2.45) is 0 Å². The van der Waals surface area contributed by atoms with E-state index in [-0.39, 0.29) is 11.0 Å². The number of hydrogen-bond donors (Lipinski definition) is 2. The molecule has 0 bridgehead atoms. The number of nitrogens with zero attached hydrogens (tertiary/aromatic N) is 4. The van der Waals surface area contributed by atoms with Gasteiger partial charge >= 0.3 is 5.97 Å². The predicted octanol–water partition coefficient (Wildman–Crippen LogP) is 0.681. The minimum absolute atomic E-state index is 0.160. The lowest BCUT2D eigenvalue weighted by Crippen LogP contribution is -2.39. The molecule has 0 aliphatic carbocycles. The Kier molecular flexibility index (Phi) is 7.27. The summed E-state index contributed by atoms with van der Waals surface area (Å²) in [4.78, 5) is 99.3. The summed E-state index contributed by atoms with van der Waals surface area (Å²) in [5, 5.41) is 35.0. The third-order valence-corrected chi connectivity index (χ3v) is 4.96. The fourth-order valence-electron chi connectivity index (χ4n) is 3.19. The van der Waals surface area contributed by atoms with Crippen molar-refractivity contribution in [1.82, 2.24) is 9.97 Å². The van der Waals surface area contributed by atoms with E-state index in [1.807, 2.05) is 5.32 Å². The van der Waals surface area contributed by atoms with E-state index < -0.39 is 78.1 Å². The van der Waals surface area contributed by atoms with Crippen LogP contribution in [0.15, 0.2) is 41.2 Å². The number of aromatic nitrogens is 2. The molecule has 3 aromatic rings. The fourth-order valence-corrected chi connectivity index (χ4v) is 3.19. The molecule has 2 aromatic carbocycles. The van der Waals surface area contributed by atoms with E-state index >= 15 is 0 Å². The molecular weight excluding hydrogens is 516 g/mol. The number of Topliss-reactive ketones (excluding diaryl/α,β-unsaturated/α-hetero) is 2. The number of rotatable bonds is 9. The predicted molar refractivity (Wildman–Crippen MR) is 122 cm³/mol. The molecule has 0 spiro atoms. The minimum Gasteiger partial charge on any atom is -0.463 e. The smallest absolute Gasteiger partial charge is 0.375 e. The highest BCUT2D eigenvalue weighted by atomic mass is 16.6. The molecule has 0 aliphatic heterocycles. The maximum absolute atomic E-state index is 13.0. The molecule has 0 unspecified atom stereocenters. The van der Waals surface area contributed by atoms with Crippen molar-refractivity contribution in [2.75, 3.05) is 12.4 Å². The second kappa shape index (κ2) is 10.4. The molecule has 38 heavy (non-hydrogen) atoms. The Hall–Kier alpha value is -5.94. The van der Waals surface area contributed by atoms with Gasteiger partial charge in [0.05, 0.1) is 39.0 Å². The molecule has 18 heteroatoms. The van der Waals surface area contributed by atoms with Crippen molar-refractivity contribution in [3.05, 3.63) is 82.8 Å². The average Bonchev–Trinajstić information content (AvgIpc) is 2.87. The standard InChI is InChI=1S/C20H12N6O12/c1-38-20(31)17(28)14(15-18(29)23-12-6-8(24(32)33)2-4-10(12)21-15)16(27)19(30)22-11-5-3-9(25(34)35)7-13(11)26(36)37/h2-7,14H,1H3,(H,22,30)(H,23,29)/t14-/m0/s1. The van der Waals surface area contributed by atoms with Crippen LogP contribution < -0.4 is 10.9 Å². The monoisotopic (exact) mass is 528 g/mol. The number of benzene rings is 2. The van der Waals surface area contributed by atoms with E-state index in [2.05, 4.69) is 14.7 Å². The van der Waals surface area contributed by atoms with Crippen LogP contribution in [0.25, 0.3) is 11.0 Å². The molecule has 0 aliphatic rings. The average molecular weight is 528 g/mol. The van der Waals surface area contributed by atoms with E-state index in [9.17, 15) is 54.3 Å². The number of hydrogen-bond acceptors (Lipinski definition) is 13. The van der Waals surface area contributed by atoms with Crippen LogP contribution in [0.3, 0.4) is 0 Å². The molecule has 0 saturated carbocycles. The van der Waals surface area contributed by atoms with Gasteiger partial charge in [-0.05, 0) is 12.1 Å². The lowest BCUT2D eigenvalue weighted by Gasteiger charge is -2.13. The van der Waals surface area contributed by atoms with Crippen LogP contribution in [0.5, 0.6) is 0 Å². The summed E-state index contributed by atoms with van der Waals surface area (Å²) in [6, 6.07) is 5.05. The fraction of sp³-hybridized carbons (Fsp3) is 0.100. The summed E-state index contributed by atoms with van der Waals surface area (Å²) in [5.74, 6) is -9.28. The zero-order valence-electron chi connectivity index (χ0n) is 18.7. The summed E-state index contributed by atoms with van der Waals surface area (Å²) in [7, 11) is 0.777. The zero-order valence-corrected chi connectivity index (χ0v) is 18.7. The van der Waals surface area contributed by atoms with Crippen LogP contribution in [0.2, 0.25) is 0 Å².